The van der Waals surface area contributed by atoms with E-state index in [9.17, 15) is 4.79 Å². The summed E-state index contributed by atoms with van der Waals surface area (Å²) < 4.78 is 4.25. The molecular formula is C10H22O5. The molecule has 0 heterocycles. The summed E-state index contributed by atoms with van der Waals surface area (Å²) in [5, 5.41) is 24.4. The number of hydrogen-bond acceptors (Lipinski definition) is 4. The van der Waals surface area contributed by atoms with Crippen molar-refractivity contribution in [2.75, 3.05) is 20.8 Å². The first kappa shape index (κ1) is 19.6. The van der Waals surface area contributed by atoms with Gasteiger partial charge in [-0.1, -0.05) is 6.58 Å². The van der Waals surface area contributed by atoms with Crippen molar-refractivity contribution in [3.05, 3.63) is 12.2 Å². The van der Waals surface area contributed by atoms with E-state index in [0.717, 1.165) is 0 Å². The lowest BCUT2D eigenvalue weighted by Gasteiger charge is -1.95. The highest BCUT2D eigenvalue weighted by atomic mass is 16.4. The Morgan fingerprint density at radius 1 is 1.47 bits per heavy atom. The highest BCUT2D eigenvalue weighted by Crippen LogP contribution is 1.83. The molecular weight excluding hydrogens is 200 g/mol. The Hall–Kier alpha value is -0.910. The predicted octanol–water partition coefficient (Wildman–Crippen LogP) is 0.659. The average Bonchev–Trinajstić information content (AvgIpc) is 2.05. The summed E-state index contributed by atoms with van der Waals surface area (Å²) in [5.74, 6) is -0.935. The number of carboxylic acid groups (broad SMARTS) is 1. The third-order valence-corrected chi connectivity index (χ3v) is 0.912. The molecule has 1 atom stereocenters. The molecule has 0 aromatic heterocycles. The molecule has 0 aromatic rings. The number of aliphatic carboxylic acids is 1. The fraction of sp³-hybridized carbons (Fsp3) is 0.700. The fourth-order valence-corrected chi connectivity index (χ4v) is 0.187. The minimum Gasteiger partial charge on any atom is -0.478 e. The first-order chi connectivity index (χ1) is 6.83. The van der Waals surface area contributed by atoms with Crippen LogP contribution in [-0.2, 0) is 9.53 Å². The van der Waals surface area contributed by atoms with Gasteiger partial charge in [0.05, 0.1) is 6.10 Å². The second-order valence-corrected chi connectivity index (χ2v) is 2.86. The van der Waals surface area contributed by atoms with Crippen LogP contribution in [-0.4, -0.2) is 48.2 Å². The van der Waals surface area contributed by atoms with Gasteiger partial charge < -0.3 is 20.1 Å². The smallest absolute Gasteiger partial charge is 0.330 e. The van der Waals surface area contributed by atoms with Crippen LogP contribution in [0.25, 0.3) is 0 Å². The van der Waals surface area contributed by atoms with E-state index in [0.29, 0.717) is 6.42 Å². The van der Waals surface area contributed by atoms with E-state index < -0.39 is 5.97 Å². The maximum Gasteiger partial charge on any atom is 0.330 e. The first-order valence-electron chi connectivity index (χ1n) is 4.41. The topological polar surface area (TPSA) is 87.0 Å². The molecule has 15 heavy (non-hydrogen) atoms. The van der Waals surface area contributed by atoms with Crippen LogP contribution >= 0.6 is 0 Å². The van der Waals surface area contributed by atoms with Gasteiger partial charge in [-0.25, -0.2) is 4.79 Å². The monoisotopic (exact) mass is 222 g/mol. The SMILES string of the molecule is C=C(C)C(=O)O.CC(O)CCO.COC. The molecule has 0 aliphatic carbocycles. The molecule has 0 fully saturated rings. The third-order valence-electron chi connectivity index (χ3n) is 0.912. The number of aliphatic hydroxyl groups excluding tert-OH is 2. The number of carbonyl (C=O) groups is 1. The van der Waals surface area contributed by atoms with Gasteiger partial charge in [-0.15, -0.1) is 0 Å². The molecule has 0 rings (SSSR count). The van der Waals surface area contributed by atoms with Gasteiger partial charge in [0, 0.05) is 26.4 Å². The van der Waals surface area contributed by atoms with E-state index in [1.807, 2.05) is 0 Å². The zero-order chi connectivity index (χ0) is 12.9. The van der Waals surface area contributed by atoms with E-state index >= 15 is 0 Å². The number of rotatable bonds is 3. The molecule has 5 heteroatoms. The predicted molar refractivity (Wildman–Crippen MR) is 58.8 cm³/mol. The lowest BCUT2D eigenvalue weighted by atomic mass is 10.3. The minimum absolute atomic E-state index is 0.0810. The van der Waals surface area contributed by atoms with E-state index in [-0.39, 0.29) is 18.3 Å². The van der Waals surface area contributed by atoms with Gasteiger partial charge in [0.2, 0.25) is 0 Å². The van der Waals surface area contributed by atoms with Gasteiger partial charge in [0.1, 0.15) is 0 Å². The zero-order valence-corrected chi connectivity index (χ0v) is 9.86. The summed E-state index contributed by atoms with van der Waals surface area (Å²) in [5.41, 5.74) is 0.176. The van der Waals surface area contributed by atoms with E-state index in [1.165, 1.54) is 6.92 Å². The Labute approximate surface area is 91.0 Å². The van der Waals surface area contributed by atoms with Gasteiger partial charge in [-0.3, -0.25) is 0 Å². The molecule has 1 unspecified atom stereocenters. The summed E-state index contributed by atoms with van der Waals surface area (Å²) >= 11 is 0. The Balaban J connectivity index is -0.000000153. The van der Waals surface area contributed by atoms with Gasteiger partial charge in [-0.05, 0) is 20.3 Å². The molecule has 0 amide bonds. The number of methoxy groups -OCH3 is 1. The van der Waals surface area contributed by atoms with Crippen LogP contribution in [0.5, 0.6) is 0 Å². The van der Waals surface area contributed by atoms with Crippen LogP contribution in [0.2, 0.25) is 0 Å². The molecule has 5 nitrogen and oxygen atoms in total. The van der Waals surface area contributed by atoms with E-state index in [4.69, 9.17) is 15.3 Å². The molecule has 0 aromatic carbocycles. The molecule has 0 aliphatic heterocycles. The van der Waals surface area contributed by atoms with Gasteiger partial charge in [-0.2, -0.15) is 0 Å². The van der Waals surface area contributed by atoms with Crippen molar-refractivity contribution in [3.8, 4) is 0 Å². The molecule has 0 spiro atoms. The zero-order valence-electron chi connectivity index (χ0n) is 9.86. The maximum absolute atomic E-state index is 9.60. The summed E-state index contributed by atoms with van der Waals surface area (Å²) in [6.45, 7) is 6.33. The molecule has 0 saturated heterocycles. The van der Waals surface area contributed by atoms with Crippen LogP contribution in [0.3, 0.4) is 0 Å². The van der Waals surface area contributed by atoms with Crippen molar-refractivity contribution in [3.63, 3.8) is 0 Å². The molecule has 0 saturated carbocycles. The van der Waals surface area contributed by atoms with Crippen LogP contribution in [0, 0.1) is 0 Å². The maximum atomic E-state index is 9.60. The Morgan fingerprint density at radius 2 is 1.73 bits per heavy atom. The Morgan fingerprint density at radius 3 is 1.73 bits per heavy atom. The second kappa shape index (κ2) is 15.6. The molecule has 92 valence electrons. The molecule has 0 bridgehead atoms. The Kier molecular flexibility index (Phi) is 20.4. The lowest BCUT2D eigenvalue weighted by Crippen LogP contribution is -2.00. The van der Waals surface area contributed by atoms with E-state index in [2.05, 4.69) is 11.3 Å². The van der Waals surface area contributed by atoms with Crippen LogP contribution < -0.4 is 0 Å². The van der Waals surface area contributed by atoms with Crippen LogP contribution in [0.4, 0.5) is 0 Å². The lowest BCUT2D eigenvalue weighted by molar-refractivity contribution is -0.132. The van der Waals surface area contributed by atoms with Crippen LogP contribution in [0.1, 0.15) is 20.3 Å². The van der Waals surface area contributed by atoms with Gasteiger partial charge >= 0.3 is 5.97 Å². The summed E-state index contributed by atoms with van der Waals surface area (Å²) in [6.07, 6.45) is 0.134. The average molecular weight is 222 g/mol. The van der Waals surface area contributed by atoms with Crippen molar-refractivity contribution < 1.29 is 24.9 Å². The Bertz CT molecular complexity index is 142. The van der Waals surface area contributed by atoms with Crippen LogP contribution in [0.15, 0.2) is 12.2 Å². The summed E-state index contributed by atoms with van der Waals surface area (Å²) in [4.78, 5) is 9.60. The normalized spacial score (nSPS) is 10.0. The van der Waals surface area contributed by atoms with Gasteiger partial charge in [0.25, 0.3) is 0 Å². The van der Waals surface area contributed by atoms with Crippen molar-refractivity contribution in [2.45, 2.75) is 26.4 Å². The first-order valence-corrected chi connectivity index (χ1v) is 4.41. The van der Waals surface area contributed by atoms with Crippen molar-refractivity contribution in [2.24, 2.45) is 0 Å². The van der Waals surface area contributed by atoms with E-state index in [1.54, 1.807) is 21.1 Å². The third kappa shape index (κ3) is 43.4. The highest BCUT2D eigenvalue weighted by Gasteiger charge is 1.90. The summed E-state index contributed by atoms with van der Waals surface area (Å²) in [7, 11) is 3.25. The number of ether oxygens (including phenoxy) is 1. The fourth-order valence-electron chi connectivity index (χ4n) is 0.187. The molecule has 0 radical (unpaired) electrons. The standard InChI is InChI=1S/C4H10O2.C4H6O2.C2H6O/c1-4(6)2-3-5;1-3(2)4(5)6;1-3-2/h4-6H,2-3H2,1H3;1H2,2H3,(H,5,6);1-2H3. The second-order valence-electron chi connectivity index (χ2n) is 2.86. The molecule has 3 N–H and O–H groups in total. The van der Waals surface area contributed by atoms with Crippen molar-refractivity contribution >= 4 is 5.97 Å². The number of carboxylic acids is 1. The number of aliphatic hydroxyl groups is 2. The quantitative estimate of drug-likeness (QED) is 0.611. The van der Waals surface area contributed by atoms with Crippen molar-refractivity contribution in [1.29, 1.82) is 0 Å². The minimum atomic E-state index is -0.935. The molecule has 0 aliphatic rings. The van der Waals surface area contributed by atoms with Crippen molar-refractivity contribution in [1.82, 2.24) is 0 Å². The van der Waals surface area contributed by atoms with Gasteiger partial charge in [0.15, 0.2) is 0 Å². The number of hydrogen-bond donors (Lipinski definition) is 3. The summed E-state index contributed by atoms with van der Waals surface area (Å²) in [6, 6.07) is 0. The highest BCUT2D eigenvalue weighted by molar-refractivity contribution is 5.84. The largest absolute Gasteiger partial charge is 0.478 e.